The van der Waals surface area contributed by atoms with E-state index >= 15 is 0 Å². The second-order valence-corrected chi connectivity index (χ2v) is 8.40. The number of nitrogens with zero attached hydrogens (tertiary/aromatic N) is 4. The molecule has 3 aromatic heterocycles. The van der Waals surface area contributed by atoms with E-state index in [4.69, 9.17) is 19.9 Å². The van der Waals surface area contributed by atoms with Crippen LogP contribution in [0.3, 0.4) is 0 Å². The van der Waals surface area contributed by atoms with Crippen LogP contribution in [0.25, 0.3) is 11.5 Å². The lowest BCUT2D eigenvalue weighted by molar-refractivity contribution is 0.300. The normalized spacial score (nSPS) is 12.5. The minimum absolute atomic E-state index is 0.0389. The van der Waals surface area contributed by atoms with Crippen molar-refractivity contribution in [3.05, 3.63) is 83.9 Å². The van der Waals surface area contributed by atoms with Crippen LogP contribution < -0.4 is 10.5 Å². The first-order chi connectivity index (χ1) is 14.9. The van der Waals surface area contributed by atoms with Gasteiger partial charge in [-0.15, -0.1) is 5.10 Å². The number of pyridine rings is 2. The Kier molecular flexibility index (Phi) is 5.66. The highest BCUT2D eigenvalue weighted by Gasteiger charge is 2.29. The largest absolute Gasteiger partial charge is 0.487 e. The highest BCUT2D eigenvalue weighted by atomic mass is 16.5. The molecule has 0 fully saturated rings. The molecule has 7 nitrogen and oxygen atoms in total. The summed E-state index contributed by atoms with van der Waals surface area (Å²) in [5, 5.41) is 7.61. The average molecular weight is 415 g/mol. The van der Waals surface area contributed by atoms with E-state index < -0.39 is 0 Å². The Balaban J connectivity index is 1.54. The van der Waals surface area contributed by atoms with Gasteiger partial charge in [-0.2, -0.15) is 0 Å². The second kappa shape index (κ2) is 8.55. The fraction of sp³-hybridized carbons (Fsp3) is 0.250. The average Bonchev–Trinajstić information content (AvgIpc) is 3.20. The molecule has 158 valence electrons. The van der Waals surface area contributed by atoms with Gasteiger partial charge in [0.15, 0.2) is 0 Å². The zero-order chi connectivity index (χ0) is 21.8. The van der Waals surface area contributed by atoms with E-state index in [1.165, 1.54) is 5.56 Å². The third kappa shape index (κ3) is 4.88. The summed E-state index contributed by atoms with van der Waals surface area (Å²) in [6.45, 7) is 7.05. The molecule has 0 saturated carbocycles. The molecule has 3 heterocycles. The molecular weight excluding hydrogens is 390 g/mol. The fourth-order valence-electron chi connectivity index (χ4n) is 3.57. The van der Waals surface area contributed by atoms with Crippen molar-refractivity contribution in [1.82, 2.24) is 20.2 Å². The van der Waals surface area contributed by atoms with Gasteiger partial charge in [-0.05, 0) is 47.4 Å². The highest BCUT2D eigenvalue weighted by molar-refractivity contribution is 5.52. The molecule has 31 heavy (non-hydrogen) atoms. The number of rotatable bonds is 6. The maximum absolute atomic E-state index is 5.87. The van der Waals surface area contributed by atoms with Crippen LogP contribution in [0.15, 0.2) is 71.4 Å². The Hall–Kier alpha value is -3.74. The van der Waals surface area contributed by atoms with Crippen LogP contribution >= 0.6 is 0 Å². The lowest BCUT2D eigenvalue weighted by atomic mass is 9.74. The van der Waals surface area contributed by atoms with Crippen LogP contribution in [0, 0.1) is 5.41 Å². The second-order valence-electron chi connectivity index (χ2n) is 8.40. The van der Waals surface area contributed by atoms with Crippen molar-refractivity contribution in [3.8, 4) is 17.2 Å². The van der Waals surface area contributed by atoms with Crippen molar-refractivity contribution in [1.29, 1.82) is 0 Å². The molecule has 2 N–H and O–H groups in total. The van der Waals surface area contributed by atoms with Gasteiger partial charge >= 0.3 is 6.01 Å². The molecular formula is C24H25N5O2. The number of aromatic nitrogens is 4. The van der Waals surface area contributed by atoms with Crippen molar-refractivity contribution in [2.45, 2.75) is 33.3 Å². The van der Waals surface area contributed by atoms with Crippen LogP contribution in [-0.4, -0.2) is 20.2 Å². The number of anilines is 1. The molecule has 7 heteroatoms. The lowest BCUT2D eigenvalue weighted by Crippen LogP contribution is -2.20. The maximum Gasteiger partial charge on any atom is 0.313 e. The van der Waals surface area contributed by atoms with E-state index in [0.29, 0.717) is 12.5 Å². The Morgan fingerprint density at radius 3 is 2.35 bits per heavy atom. The number of hydrogen-bond acceptors (Lipinski definition) is 7. The Labute approximate surface area is 181 Å². The predicted octanol–water partition coefficient (Wildman–Crippen LogP) is 4.87. The molecule has 0 amide bonds. The third-order valence-corrected chi connectivity index (χ3v) is 4.96. The van der Waals surface area contributed by atoms with Crippen molar-refractivity contribution >= 4 is 6.01 Å². The van der Waals surface area contributed by atoms with Crippen molar-refractivity contribution in [2.75, 3.05) is 5.73 Å². The van der Waals surface area contributed by atoms with Crippen molar-refractivity contribution < 1.29 is 9.15 Å². The van der Waals surface area contributed by atoms with Crippen LogP contribution in [0.2, 0.25) is 0 Å². The van der Waals surface area contributed by atoms with Gasteiger partial charge in [-0.25, -0.2) is 0 Å². The maximum atomic E-state index is 5.87. The molecule has 1 aromatic carbocycles. The minimum atomic E-state index is -0.0419. The van der Waals surface area contributed by atoms with E-state index in [0.717, 1.165) is 22.7 Å². The van der Waals surface area contributed by atoms with E-state index in [2.05, 4.69) is 48.1 Å². The quantitative estimate of drug-likeness (QED) is 0.480. The summed E-state index contributed by atoms with van der Waals surface area (Å²) in [5.41, 5.74) is 9.24. The Morgan fingerprint density at radius 2 is 1.77 bits per heavy atom. The first kappa shape index (κ1) is 20.5. The van der Waals surface area contributed by atoms with Crippen LogP contribution in [0.1, 0.15) is 43.6 Å². The molecule has 4 aromatic rings. The molecule has 0 bridgehead atoms. The van der Waals surface area contributed by atoms with Gasteiger partial charge in [0.25, 0.3) is 5.89 Å². The summed E-state index contributed by atoms with van der Waals surface area (Å²) in [6.07, 6.45) is 3.51. The zero-order valence-electron chi connectivity index (χ0n) is 17.8. The van der Waals surface area contributed by atoms with Gasteiger partial charge in [0, 0.05) is 24.0 Å². The highest BCUT2D eigenvalue weighted by Crippen LogP contribution is 2.40. The molecule has 0 saturated heterocycles. The lowest BCUT2D eigenvalue weighted by Gasteiger charge is -2.31. The predicted molar refractivity (Wildman–Crippen MR) is 118 cm³/mol. The number of hydrogen-bond donors (Lipinski definition) is 1. The van der Waals surface area contributed by atoms with Crippen LogP contribution in [0.5, 0.6) is 5.75 Å². The summed E-state index contributed by atoms with van der Waals surface area (Å²) in [6, 6.07) is 17.9. The molecule has 1 atom stereocenters. The van der Waals surface area contributed by atoms with E-state index in [1.807, 2.05) is 42.5 Å². The summed E-state index contributed by atoms with van der Waals surface area (Å²) in [4.78, 5) is 8.98. The smallest absolute Gasteiger partial charge is 0.313 e. The SMILES string of the molecule is CC(C)(C)C(c1ccc(OCc2ccccn2)cc1)c1ccc(-c2nnc(N)o2)cn1. The van der Waals surface area contributed by atoms with Crippen molar-refractivity contribution in [3.63, 3.8) is 0 Å². The van der Waals surface area contributed by atoms with E-state index in [1.54, 1.807) is 12.4 Å². The van der Waals surface area contributed by atoms with Crippen LogP contribution in [-0.2, 0) is 6.61 Å². The van der Waals surface area contributed by atoms with E-state index in [-0.39, 0.29) is 17.3 Å². The molecule has 0 aliphatic rings. The molecule has 0 aliphatic carbocycles. The standard InChI is InChI=1S/C24H25N5O2/c1-24(2,3)21(20-12-9-17(14-27-20)22-28-29-23(25)31-22)16-7-10-19(11-8-16)30-15-18-6-4-5-13-26-18/h4-14,21H,15H2,1-3H3,(H2,25,29). The van der Waals surface area contributed by atoms with Gasteiger partial charge < -0.3 is 14.9 Å². The molecule has 0 aliphatic heterocycles. The van der Waals surface area contributed by atoms with E-state index in [9.17, 15) is 0 Å². The summed E-state index contributed by atoms with van der Waals surface area (Å²) >= 11 is 0. The molecule has 1 unspecified atom stereocenters. The van der Waals surface area contributed by atoms with Gasteiger partial charge in [-0.1, -0.05) is 44.1 Å². The first-order valence-electron chi connectivity index (χ1n) is 10.1. The third-order valence-electron chi connectivity index (χ3n) is 4.96. The van der Waals surface area contributed by atoms with Gasteiger partial charge in [0.2, 0.25) is 0 Å². The van der Waals surface area contributed by atoms with Gasteiger partial charge in [-0.3, -0.25) is 9.97 Å². The van der Waals surface area contributed by atoms with Crippen molar-refractivity contribution in [2.24, 2.45) is 5.41 Å². The van der Waals surface area contributed by atoms with Gasteiger partial charge in [0.05, 0.1) is 11.3 Å². The Morgan fingerprint density at radius 1 is 0.968 bits per heavy atom. The Bertz CT molecular complexity index is 1120. The molecule has 0 radical (unpaired) electrons. The number of nitrogen functional groups attached to an aromatic ring is 1. The van der Waals surface area contributed by atoms with Gasteiger partial charge in [0.1, 0.15) is 12.4 Å². The fourth-order valence-corrected chi connectivity index (χ4v) is 3.57. The van der Waals surface area contributed by atoms with Crippen LogP contribution in [0.4, 0.5) is 6.01 Å². The number of benzene rings is 1. The number of ether oxygens (including phenoxy) is 1. The molecule has 0 spiro atoms. The molecule has 4 rings (SSSR count). The summed E-state index contributed by atoms with van der Waals surface area (Å²) in [7, 11) is 0. The number of nitrogens with two attached hydrogens (primary N) is 1. The topological polar surface area (TPSA) is 100.0 Å². The minimum Gasteiger partial charge on any atom is -0.487 e. The first-order valence-corrected chi connectivity index (χ1v) is 10.1. The monoisotopic (exact) mass is 415 g/mol. The zero-order valence-corrected chi connectivity index (χ0v) is 17.8. The summed E-state index contributed by atoms with van der Waals surface area (Å²) < 4.78 is 11.2. The summed E-state index contributed by atoms with van der Waals surface area (Å²) in [5.74, 6) is 1.26.